The van der Waals surface area contributed by atoms with Gasteiger partial charge in [-0.2, -0.15) is 11.3 Å². The van der Waals surface area contributed by atoms with Crippen LogP contribution in [0.5, 0.6) is 0 Å². The number of carbonyl (C=O) groups is 1. The van der Waals surface area contributed by atoms with Crippen molar-refractivity contribution < 1.29 is 9.53 Å². The minimum atomic E-state index is 0.0831. The number of carbonyl (C=O) groups excluding carboxylic acids is 1. The summed E-state index contributed by atoms with van der Waals surface area (Å²) in [7, 11) is 0. The first-order valence-corrected chi connectivity index (χ1v) is 7.88. The molecular formula is C13H14N2O2S2. The van der Waals surface area contributed by atoms with Crippen LogP contribution in [0, 0.1) is 6.92 Å². The molecule has 1 aliphatic rings. The van der Waals surface area contributed by atoms with Crippen LogP contribution in [0.15, 0.2) is 16.8 Å². The molecule has 1 aliphatic heterocycles. The second-order valence-corrected chi connectivity index (χ2v) is 6.13. The van der Waals surface area contributed by atoms with Gasteiger partial charge >= 0.3 is 0 Å². The van der Waals surface area contributed by atoms with Crippen LogP contribution >= 0.6 is 22.7 Å². The van der Waals surface area contributed by atoms with Crippen LogP contribution in [0.2, 0.25) is 0 Å². The smallest absolute Gasteiger partial charge is 0.266 e. The van der Waals surface area contributed by atoms with E-state index in [-0.39, 0.29) is 5.91 Å². The Labute approximate surface area is 119 Å². The highest BCUT2D eigenvalue weighted by molar-refractivity contribution is 7.17. The monoisotopic (exact) mass is 294 g/mol. The maximum Gasteiger partial charge on any atom is 0.266 e. The topological polar surface area (TPSA) is 42.4 Å². The third-order valence-corrected chi connectivity index (χ3v) is 4.93. The molecule has 100 valence electrons. The van der Waals surface area contributed by atoms with Crippen molar-refractivity contribution in [1.82, 2.24) is 9.88 Å². The molecule has 0 aliphatic carbocycles. The molecule has 3 rings (SSSR count). The molecule has 1 fully saturated rings. The zero-order valence-electron chi connectivity index (χ0n) is 10.6. The molecule has 2 aromatic rings. The average molecular weight is 294 g/mol. The molecule has 0 aromatic carbocycles. The summed E-state index contributed by atoms with van der Waals surface area (Å²) in [6, 6.07) is 2.03. The molecule has 0 radical (unpaired) electrons. The van der Waals surface area contributed by atoms with Gasteiger partial charge in [-0.25, -0.2) is 4.98 Å². The van der Waals surface area contributed by atoms with Gasteiger partial charge in [0.2, 0.25) is 0 Å². The average Bonchev–Trinajstić information content (AvgIpc) is 3.08. The molecule has 6 heteroatoms. The lowest BCUT2D eigenvalue weighted by Crippen LogP contribution is -2.40. The number of morpholine rings is 1. The lowest BCUT2D eigenvalue weighted by atomic mass is 10.3. The molecule has 0 spiro atoms. The van der Waals surface area contributed by atoms with E-state index < -0.39 is 0 Å². The predicted octanol–water partition coefficient (Wildman–Crippen LogP) is 2.65. The summed E-state index contributed by atoms with van der Waals surface area (Å²) in [5.41, 5.74) is 1.92. The molecule has 3 heterocycles. The van der Waals surface area contributed by atoms with E-state index >= 15 is 0 Å². The normalized spacial score (nSPS) is 15.7. The van der Waals surface area contributed by atoms with Crippen LogP contribution in [0.3, 0.4) is 0 Å². The van der Waals surface area contributed by atoms with Gasteiger partial charge in [0.1, 0.15) is 9.88 Å². The Morgan fingerprint density at radius 1 is 1.42 bits per heavy atom. The number of amides is 1. The zero-order valence-corrected chi connectivity index (χ0v) is 12.2. The van der Waals surface area contributed by atoms with E-state index in [1.54, 1.807) is 11.3 Å². The van der Waals surface area contributed by atoms with Crippen molar-refractivity contribution in [2.75, 3.05) is 26.3 Å². The summed E-state index contributed by atoms with van der Waals surface area (Å²) >= 11 is 3.12. The summed E-state index contributed by atoms with van der Waals surface area (Å²) in [4.78, 5) is 19.6. The molecule has 2 aromatic heterocycles. The number of hydrogen-bond donors (Lipinski definition) is 0. The molecule has 19 heavy (non-hydrogen) atoms. The second-order valence-electron chi connectivity index (χ2n) is 4.35. The number of ether oxygens (including phenoxy) is 1. The van der Waals surface area contributed by atoms with E-state index in [0.29, 0.717) is 26.3 Å². The van der Waals surface area contributed by atoms with Crippen molar-refractivity contribution in [2.24, 2.45) is 0 Å². The number of thiophene rings is 1. The van der Waals surface area contributed by atoms with E-state index in [2.05, 4.69) is 10.4 Å². The van der Waals surface area contributed by atoms with Crippen LogP contribution < -0.4 is 0 Å². The van der Waals surface area contributed by atoms with E-state index in [0.717, 1.165) is 21.1 Å². The minimum absolute atomic E-state index is 0.0831. The second kappa shape index (κ2) is 5.40. The zero-order chi connectivity index (χ0) is 13.2. The number of nitrogens with zero attached hydrogens (tertiary/aromatic N) is 2. The summed E-state index contributed by atoms with van der Waals surface area (Å²) in [5.74, 6) is 0.0831. The molecule has 1 saturated heterocycles. The van der Waals surface area contributed by atoms with Gasteiger partial charge in [-0.05, 0) is 18.4 Å². The molecule has 0 N–H and O–H groups in total. The van der Waals surface area contributed by atoms with Crippen LogP contribution in [0.1, 0.15) is 15.4 Å². The Hall–Kier alpha value is -1.24. The standard InChI is InChI=1S/C13H14N2O2S2/c1-9-11(13(16)15-3-5-17-6-4-15)19-12(14-9)10-2-7-18-8-10/h2,7-8H,3-6H2,1H3. The Morgan fingerprint density at radius 3 is 2.89 bits per heavy atom. The summed E-state index contributed by atoms with van der Waals surface area (Å²) < 4.78 is 5.28. The van der Waals surface area contributed by atoms with Crippen molar-refractivity contribution >= 4 is 28.6 Å². The molecule has 1 amide bonds. The molecule has 0 saturated carbocycles. The molecule has 4 nitrogen and oxygen atoms in total. The first kappa shape index (κ1) is 12.8. The quantitative estimate of drug-likeness (QED) is 0.855. The molecule has 0 unspecified atom stereocenters. The number of thiazole rings is 1. The Kier molecular flexibility index (Phi) is 3.63. The van der Waals surface area contributed by atoms with Crippen LogP contribution in [0.4, 0.5) is 0 Å². The summed E-state index contributed by atoms with van der Waals surface area (Å²) in [6.07, 6.45) is 0. The Balaban J connectivity index is 1.86. The van der Waals surface area contributed by atoms with Crippen molar-refractivity contribution in [3.8, 4) is 10.6 Å². The fourth-order valence-corrected chi connectivity index (χ4v) is 3.76. The van der Waals surface area contributed by atoms with Crippen LogP contribution in [-0.4, -0.2) is 42.1 Å². The highest BCUT2D eigenvalue weighted by Crippen LogP contribution is 2.30. The first-order chi connectivity index (χ1) is 9.25. The lowest BCUT2D eigenvalue weighted by molar-refractivity contribution is 0.0305. The SMILES string of the molecule is Cc1nc(-c2ccsc2)sc1C(=O)N1CCOCC1. The lowest BCUT2D eigenvalue weighted by Gasteiger charge is -2.26. The highest BCUT2D eigenvalue weighted by Gasteiger charge is 2.23. The number of rotatable bonds is 2. The summed E-state index contributed by atoms with van der Waals surface area (Å²) in [6.45, 7) is 4.50. The van der Waals surface area contributed by atoms with Crippen LogP contribution in [0.25, 0.3) is 10.6 Å². The van der Waals surface area contributed by atoms with E-state index in [1.807, 2.05) is 23.3 Å². The highest BCUT2D eigenvalue weighted by atomic mass is 32.1. The van der Waals surface area contributed by atoms with Gasteiger partial charge in [0.15, 0.2) is 0 Å². The fraction of sp³-hybridized carbons (Fsp3) is 0.385. The largest absolute Gasteiger partial charge is 0.378 e. The van der Waals surface area contributed by atoms with Gasteiger partial charge in [0.05, 0.1) is 18.9 Å². The Morgan fingerprint density at radius 2 is 2.21 bits per heavy atom. The van der Waals surface area contributed by atoms with Gasteiger partial charge in [-0.15, -0.1) is 11.3 Å². The molecule has 0 bridgehead atoms. The van der Waals surface area contributed by atoms with Gasteiger partial charge < -0.3 is 9.64 Å². The Bertz CT molecular complexity index is 571. The van der Waals surface area contributed by atoms with E-state index in [9.17, 15) is 4.79 Å². The van der Waals surface area contributed by atoms with Crippen molar-refractivity contribution in [1.29, 1.82) is 0 Å². The molecular weight excluding hydrogens is 280 g/mol. The fourth-order valence-electron chi connectivity index (χ4n) is 2.01. The maximum absolute atomic E-state index is 12.4. The minimum Gasteiger partial charge on any atom is -0.378 e. The van der Waals surface area contributed by atoms with E-state index in [1.165, 1.54) is 11.3 Å². The summed E-state index contributed by atoms with van der Waals surface area (Å²) in [5, 5.41) is 5.01. The van der Waals surface area contributed by atoms with Crippen molar-refractivity contribution in [2.45, 2.75) is 6.92 Å². The third kappa shape index (κ3) is 2.56. The predicted molar refractivity (Wildman–Crippen MR) is 76.9 cm³/mol. The first-order valence-electron chi connectivity index (χ1n) is 6.13. The number of aromatic nitrogens is 1. The van der Waals surface area contributed by atoms with Gasteiger partial charge in [0.25, 0.3) is 5.91 Å². The third-order valence-electron chi connectivity index (χ3n) is 3.06. The number of aryl methyl sites for hydroxylation is 1. The van der Waals surface area contributed by atoms with Crippen molar-refractivity contribution in [3.05, 3.63) is 27.4 Å². The molecule has 0 atom stereocenters. The van der Waals surface area contributed by atoms with Gasteiger partial charge in [0, 0.05) is 24.0 Å². The number of hydrogen-bond acceptors (Lipinski definition) is 5. The van der Waals surface area contributed by atoms with Gasteiger partial charge in [-0.1, -0.05) is 0 Å². The van der Waals surface area contributed by atoms with E-state index in [4.69, 9.17) is 4.74 Å². The van der Waals surface area contributed by atoms with Crippen LogP contribution in [-0.2, 0) is 4.74 Å². The van der Waals surface area contributed by atoms with Crippen molar-refractivity contribution in [3.63, 3.8) is 0 Å². The maximum atomic E-state index is 12.4. The van der Waals surface area contributed by atoms with Gasteiger partial charge in [-0.3, -0.25) is 4.79 Å².